The Balaban J connectivity index is 2.25. The summed E-state index contributed by atoms with van der Waals surface area (Å²) in [7, 11) is 0. The van der Waals surface area contributed by atoms with Crippen molar-refractivity contribution in [2.45, 2.75) is 20.4 Å². The van der Waals surface area contributed by atoms with E-state index in [0.29, 0.717) is 12.2 Å². The minimum absolute atomic E-state index is 0.0558. The van der Waals surface area contributed by atoms with Crippen LogP contribution in [-0.4, -0.2) is 27.4 Å². The van der Waals surface area contributed by atoms with Gasteiger partial charge < -0.3 is 10.6 Å². The lowest BCUT2D eigenvalue weighted by atomic mass is 10.3. The highest BCUT2D eigenvalue weighted by atomic mass is 16.2. The van der Waals surface area contributed by atoms with E-state index in [-0.39, 0.29) is 11.4 Å². The van der Waals surface area contributed by atoms with Crippen LogP contribution in [0.25, 0.3) is 0 Å². The van der Waals surface area contributed by atoms with Crippen molar-refractivity contribution < 1.29 is 14.4 Å². The number of benzene rings is 1. The molecule has 7 nitrogen and oxygen atoms in total. The number of rotatable bonds is 5. The number of nitrogens with one attached hydrogen (secondary N) is 2. The second-order valence-electron chi connectivity index (χ2n) is 4.58. The number of anilines is 2. The van der Waals surface area contributed by atoms with Gasteiger partial charge in [0.1, 0.15) is 0 Å². The summed E-state index contributed by atoms with van der Waals surface area (Å²) in [5.41, 5.74) is 0.873. The minimum atomic E-state index is -0.788. The van der Waals surface area contributed by atoms with Gasteiger partial charge in [-0.3, -0.25) is 19.1 Å². The van der Waals surface area contributed by atoms with Crippen LogP contribution in [0, 0.1) is 0 Å². The molecule has 2 aromatic rings. The molecule has 0 unspecified atom stereocenters. The van der Waals surface area contributed by atoms with Gasteiger partial charge in [0, 0.05) is 25.4 Å². The third-order valence-electron chi connectivity index (χ3n) is 2.90. The first-order chi connectivity index (χ1) is 10.5. The molecule has 0 radical (unpaired) electrons. The number of nitrogens with zero attached hydrogens (tertiary/aromatic N) is 2. The molecule has 7 heteroatoms. The maximum atomic E-state index is 12.3. The summed E-state index contributed by atoms with van der Waals surface area (Å²) in [6, 6.07) is 8.89. The molecule has 2 N–H and O–H groups in total. The predicted octanol–water partition coefficient (Wildman–Crippen LogP) is 1.68. The topological polar surface area (TPSA) is 93.1 Å². The molecule has 0 bridgehead atoms. The third-order valence-corrected chi connectivity index (χ3v) is 2.90. The Morgan fingerprint density at radius 3 is 2.41 bits per heavy atom. The Kier molecular flexibility index (Phi) is 4.67. The van der Waals surface area contributed by atoms with Gasteiger partial charge in [-0.1, -0.05) is 18.2 Å². The van der Waals surface area contributed by atoms with Crippen molar-refractivity contribution in [1.82, 2.24) is 9.78 Å². The van der Waals surface area contributed by atoms with Gasteiger partial charge in [-0.2, -0.15) is 5.10 Å². The first kappa shape index (κ1) is 15.4. The van der Waals surface area contributed by atoms with E-state index in [1.165, 1.54) is 10.9 Å². The Hall–Kier alpha value is -2.96. The lowest BCUT2D eigenvalue weighted by molar-refractivity contribution is -0.133. The third kappa shape index (κ3) is 3.57. The summed E-state index contributed by atoms with van der Waals surface area (Å²) in [6.07, 6.45) is 1.51. The fraction of sp³-hybridized carbons (Fsp3) is 0.200. The lowest BCUT2D eigenvalue weighted by Crippen LogP contribution is -2.22. The van der Waals surface area contributed by atoms with Crippen LogP contribution in [0.2, 0.25) is 0 Å². The maximum absolute atomic E-state index is 12.3. The zero-order valence-corrected chi connectivity index (χ0v) is 12.3. The summed E-state index contributed by atoms with van der Waals surface area (Å²) in [5, 5.41) is 9.20. The standard InChI is InChI=1S/C15H16N4O3/c1-3-19-9-12(17-14(21)10(2)20)13(18-19)15(22)16-11-7-5-4-6-8-11/h4-9H,3H2,1-2H3,(H,16,22)(H,17,21). The molecule has 2 rings (SSSR count). The molecular formula is C15H16N4O3. The zero-order chi connectivity index (χ0) is 16.1. The van der Waals surface area contributed by atoms with Crippen molar-refractivity contribution in [2.75, 3.05) is 10.6 Å². The van der Waals surface area contributed by atoms with Crippen molar-refractivity contribution in [2.24, 2.45) is 0 Å². The summed E-state index contributed by atoms with van der Waals surface area (Å²) >= 11 is 0. The fourth-order valence-electron chi connectivity index (χ4n) is 1.76. The van der Waals surface area contributed by atoms with Crippen LogP contribution in [0.5, 0.6) is 0 Å². The highest BCUT2D eigenvalue weighted by molar-refractivity contribution is 6.40. The Bertz CT molecular complexity index is 707. The second-order valence-corrected chi connectivity index (χ2v) is 4.58. The van der Waals surface area contributed by atoms with Crippen LogP contribution in [0.4, 0.5) is 11.4 Å². The molecule has 1 aromatic carbocycles. The van der Waals surface area contributed by atoms with Crippen LogP contribution >= 0.6 is 0 Å². The molecule has 114 valence electrons. The summed E-state index contributed by atoms with van der Waals surface area (Å²) in [4.78, 5) is 34.9. The second kappa shape index (κ2) is 6.66. The molecule has 0 atom stereocenters. The lowest BCUT2D eigenvalue weighted by Gasteiger charge is -2.05. The van der Waals surface area contributed by atoms with Crippen LogP contribution in [0.3, 0.4) is 0 Å². The van der Waals surface area contributed by atoms with Gasteiger partial charge in [-0.15, -0.1) is 0 Å². The van der Waals surface area contributed by atoms with Gasteiger partial charge in [0.25, 0.3) is 11.8 Å². The Morgan fingerprint density at radius 2 is 1.82 bits per heavy atom. The molecule has 0 aliphatic carbocycles. The molecule has 1 aromatic heterocycles. The summed E-state index contributed by atoms with van der Waals surface area (Å²) < 4.78 is 1.51. The minimum Gasteiger partial charge on any atom is -0.321 e. The normalized spacial score (nSPS) is 10.1. The number of hydrogen-bond acceptors (Lipinski definition) is 4. The number of carbonyl (C=O) groups excluding carboxylic acids is 3. The average Bonchev–Trinajstić information content (AvgIpc) is 2.91. The van der Waals surface area contributed by atoms with E-state index in [4.69, 9.17) is 0 Å². The Labute approximate surface area is 127 Å². The number of aromatic nitrogens is 2. The van der Waals surface area contributed by atoms with E-state index in [9.17, 15) is 14.4 Å². The number of amides is 2. The molecule has 0 aliphatic rings. The van der Waals surface area contributed by atoms with Gasteiger partial charge >= 0.3 is 0 Å². The van der Waals surface area contributed by atoms with Gasteiger partial charge in [-0.05, 0) is 19.1 Å². The average molecular weight is 300 g/mol. The van der Waals surface area contributed by atoms with E-state index >= 15 is 0 Å². The molecule has 22 heavy (non-hydrogen) atoms. The maximum Gasteiger partial charge on any atom is 0.291 e. The molecule has 0 saturated carbocycles. The molecule has 0 fully saturated rings. The van der Waals surface area contributed by atoms with Crippen molar-refractivity contribution in [3.63, 3.8) is 0 Å². The molecule has 2 amide bonds. The number of Topliss-reactive ketones (excluding diaryl/α,β-unsaturated/α-hetero) is 1. The fourth-order valence-corrected chi connectivity index (χ4v) is 1.76. The quantitative estimate of drug-likeness (QED) is 0.822. The number of carbonyl (C=O) groups is 3. The molecule has 0 spiro atoms. The van der Waals surface area contributed by atoms with Crippen LogP contribution in [0.1, 0.15) is 24.3 Å². The largest absolute Gasteiger partial charge is 0.321 e. The monoisotopic (exact) mass is 300 g/mol. The number of hydrogen-bond donors (Lipinski definition) is 2. The molecule has 0 saturated heterocycles. The van der Waals surface area contributed by atoms with Crippen LogP contribution < -0.4 is 10.6 Å². The van der Waals surface area contributed by atoms with Crippen molar-refractivity contribution in [3.8, 4) is 0 Å². The van der Waals surface area contributed by atoms with Crippen molar-refractivity contribution in [3.05, 3.63) is 42.2 Å². The van der Waals surface area contributed by atoms with E-state index in [1.54, 1.807) is 24.3 Å². The summed E-state index contributed by atoms with van der Waals surface area (Å²) in [6.45, 7) is 3.54. The zero-order valence-electron chi connectivity index (χ0n) is 12.3. The molecular weight excluding hydrogens is 284 g/mol. The van der Waals surface area contributed by atoms with Crippen molar-refractivity contribution in [1.29, 1.82) is 0 Å². The Morgan fingerprint density at radius 1 is 1.14 bits per heavy atom. The molecule has 0 aliphatic heterocycles. The van der Waals surface area contributed by atoms with E-state index in [2.05, 4.69) is 15.7 Å². The number of ketones is 1. The van der Waals surface area contributed by atoms with E-state index < -0.39 is 17.6 Å². The molecule has 1 heterocycles. The highest BCUT2D eigenvalue weighted by Crippen LogP contribution is 2.16. The van der Waals surface area contributed by atoms with E-state index in [0.717, 1.165) is 6.92 Å². The van der Waals surface area contributed by atoms with Gasteiger partial charge in [0.2, 0.25) is 5.78 Å². The van der Waals surface area contributed by atoms with Crippen LogP contribution in [-0.2, 0) is 16.1 Å². The van der Waals surface area contributed by atoms with Gasteiger partial charge in [0.05, 0.1) is 5.69 Å². The first-order valence-corrected chi connectivity index (χ1v) is 6.77. The van der Waals surface area contributed by atoms with Gasteiger partial charge in [-0.25, -0.2) is 0 Å². The van der Waals surface area contributed by atoms with Gasteiger partial charge in [0.15, 0.2) is 5.69 Å². The van der Waals surface area contributed by atoms with Crippen LogP contribution in [0.15, 0.2) is 36.5 Å². The number of aryl methyl sites for hydroxylation is 1. The SMILES string of the molecule is CCn1cc(NC(=O)C(C)=O)c(C(=O)Nc2ccccc2)n1. The smallest absolute Gasteiger partial charge is 0.291 e. The number of para-hydroxylation sites is 1. The summed E-state index contributed by atoms with van der Waals surface area (Å²) in [5.74, 6) is -1.89. The van der Waals surface area contributed by atoms with E-state index in [1.807, 2.05) is 13.0 Å². The predicted molar refractivity (Wildman–Crippen MR) is 81.6 cm³/mol. The first-order valence-electron chi connectivity index (χ1n) is 6.77. The highest BCUT2D eigenvalue weighted by Gasteiger charge is 2.20. The van der Waals surface area contributed by atoms with Crippen molar-refractivity contribution >= 4 is 29.0 Å².